The third-order valence-electron chi connectivity index (χ3n) is 1.60. The Labute approximate surface area is 85.3 Å². The number of hydroxylamine groups is 1. The van der Waals surface area contributed by atoms with E-state index in [4.69, 9.17) is 0 Å². The fourth-order valence-electron chi connectivity index (χ4n) is 1.06. The summed E-state index contributed by atoms with van der Waals surface area (Å²) in [6.45, 7) is 0. The van der Waals surface area contributed by atoms with Gasteiger partial charge in [-0.15, -0.1) is 0 Å². The molecule has 0 spiro atoms. The van der Waals surface area contributed by atoms with Crippen LogP contribution in [0.4, 0.5) is 13.2 Å². The summed E-state index contributed by atoms with van der Waals surface area (Å²) in [6.07, 6.45) is -4.22. The summed E-state index contributed by atoms with van der Waals surface area (Å²) >= 11 is 0. The van der Waals surface area contributed by atoms with Gasteiger partial charge in [0.25, 0.3) is 0 Å². The van der Waals surface area contributed by atoms with Gasteiger partial charge in [0.05, 0.1) is 12.8 Å². The van der Waals surface area contributed by atoms with Gasteiger partial charge in [-0.25, -0.2) is 0 Å². The summed E-state index contributed by atoms with van der Waals surface area (Å²) in [4.78, 5) is 4.49. The lowest BCUT2D eigenvalue weighted by Gasteiger charge is -2.10. The van der Waals surface area contributed by atoms with Crippen molar-refractivity contribution in [2.75, 3.05) is 7.11 Å². The molecule has 0 heterocycles. The topological polar surface area (TPSA) is 21.3 Å². The van der Waals surface area contributed by atoms with E-state index in [0.29, 0.717) is 5.56 Å². The highest BCUT2D eigenvalue weighted by atomic mass is 19.4. The molecule has 0 aliphatic rings. The van der Waals surface area contributed by atoms with E-state index in [0.717, 1.165) is 0 Å². The quantitative estimate of drug-likeness (QED) is 0.786. The van der Waals surface area contributed by atoms with Gasteiger partial charge in [0.1, 0.15) is 0 Å². The van der Waals surface area contributed by atoms with Crippen LogP contribution < -0.4 is 5.48 Å². The van der Waals surface area contributed by atoms with Crippen LogP contribution in [0.15, 0.2) is 36.4 Å². The van der Waals surface area contributed by atoms with Crippen molar-refractivity contribution in [1.82, 2.24) is 5.48 Å². The fraction of sp³-hybridized carbons (Fsp3) is 0.200. The van der Waals surface area contributed by atoms with Crippen LogP contribution in [0, 0.1) is 0 Å². The maximum atomic E-state index is 12.1. The Kier molecular flexibility index (Phi) is 3.74. The monoisotopic (exact) mass is 217 g/mol. The zero-order chi connectivity index (χ0) is 11.3. The molecule has 1 aromatic carbocycles. The SMILES string of the molecule is CONC(=CC(F)(F)F)c1ccccc1. The first-order chi connectivity index (χ1) is 7.03. The Hall–Kier alpha value is -1.49. The molecule has 0 aromatic heterocycles. The predicted octanol–water partition coefficient (Wildman–Crippen LogP) is 2.74. The van der Waals surface area contributed by atoms with Gasteiger partial charge in [-0.1, -0.05) is 30.3 Å². The standard InChI is InChI=1S/C10H10F3NO/c1-15-14-9(7-10(11,12)13)8-5-3-2-4-6-8/h2-7,14H,1H3. The normalized spacial score (nSPS) is 12.7. The van der Waals surface area contributed by atoms with Crippen LogP contribution in [0.5, 0.6) is 0 Å². The number of nitrogens with one attached hydrogen (secondary N) is 1. The molecule has 0 radical (unpaired) electrons. The lowest BCUT2D eigenvalue weighted by Crippen LogP contribution is -2.14. The van der Waals surface area contributed by atoms with Gasteiger partial charge in [-0.3, -0.25) is 10.3 Å². The minimum absolute atomic E-state index is 0.120. The summed E-state index contributed by atoms with van der Waals surface area (Å²) in [5.74, 6) is 0. The van der Waals surface area contributed by atoms with Crippen LogP contribution in [0.25, 0.3) is 5.70 Å². The van der Waals surface area contributed by atoms with E-state index >= 15 is 0 Å². The first-order valence-corrected chi connectivity index (χ1v) is 4.17. The van der Waals surface area contributed by atoms with Crippen LogP contribution in [0.2, 0.25) is 0 Å². The molecule has 0 aliphatic heterocycles. The molecule has 0 fully saturated rings. The second kappa shape index (κ2) is 4.84. The minimum Gasteiger partial charge on any atom is -0.279 e. The molecule has 2 nitrogen and oxygen atoms in total. The summed E-state index contributed by atoms with van der Waals surface area (Å²) in [5.41, 5.74) is 2.49. The third kappa shape index (κ3) is 4.03. The molecular weight excluding hydrogens is 207 g/mol. The molecule has 1 aromatic rings. The number of allylic oxidation sites excluding steroid dienone is 1. The number of alkyl halides is 3. The van der Waals surface area contributed by atoms with Crippen LogP contribution in [-0.2, 0) is 4.84 Å². The van der Waals surface area contributed by atoms with E-state index in [-0.39, 0.29) is 11.8 Å². The molecule has 82 valence electrons. The van der Waals surface area contributed by atoms with E-state index in [9.17, 15) is 13.2 Å². The molecule has 5 heteroatoms. The molecular formula is C10H10F3NO. The molecule has 0 saturated heterocycles. The summed E-state index contributed by atoms with van der Waals surface area (Å²) in [6, 6.07) is 8.14. The highest BCUT2D eigenvalue weighted by Crippen LogP contribution is 2.22. The van der Waals surface area contributed by atoms with Gasteiger partial charge in [-0.2, -0.15) is 13.2 Å². The minimum atomic E-state index is -4.38. The van der Waals surface area contributed by atoms with E-state index in [1.807, 2.05) is 0 Å². The largest absolute Gasteiger partial charge is 0.411 e. The second-order valence-electron chi connectivity index (χ2n) is 2.77. The number of hydrogen-bond acceptors (Lipinski definition) is 2. The van der Waals surface area contributed by atoms with Gasteiger partial charge >= 0.3 is 6.18 Å². The van der Waals surface area contributed by atoms with Crippen LogP contribution in [-0.4, -0.2) is 13.3 Å². The highest BCUT2D eigenvalue weighted by molar-refractivity contribution is 5.63. The third-order valence-corrected chi connectivity index (χ3v) is 1.60. The molecule has 0 unspecified atom stereocenters. The van der Waals surface area contributed by atoms with E-state index in [1.54, 1.807) is 30.3 Å². The Morgan fingerprint density at radius 1 is 1.27 bits per heavy atom. The van der Waals surface area contributed by atoms with Crippen molar-refractivity contribution >= 4 is 5.70 Å². The zero-order valence-electron chi connectivity index (χ0n) is 8.01. The van der Waals surface area contributed by atoms with Crippen LogP contribution in [0.1, 0.15) is 5.56 Å². The molecule has 0 amide bonds. The Morgan fingerprint density at radius 2 is 1.87 bits per heavy atom. The maximum Gasteiger partial charge on any atom is 0.411 e. The van der Waals surface area contributed by atoms with E-state index in [1.165, 1.54) is 7.11 Å². The average molecular weight is 217 g/mol. The highest BCUT2D eigenvalue weighted by Gasteiger charge is 2.25. The van der Waals surface area contributed by atoms with Gasteiger partial charge < -0.3 is 0 Å². The maximum absolute atomic E-state index is 12.1. The van der Waals surface area contributed by atoms with Crippen molar-refractivity contribution in [2.24, 2.45) is 0 Å². The first kappa shape index (κ1) is 11.6. The molecule has 0 aliphatic carbocycles. The van der Waals surface area contributed by atoms with Crippen molar-refractivity contribution in [3.63, 3.8) is 0 Å². The van der Waals surface area contributed by atoms with Gasteiger partial charge in [-0.05, 0) is 5.56 Å². The van der Waals surface area contributed by atoms with Crippen molar-refractivity contribution in [1.29, 1.82) is 0 Å². The summed E-state index contributed by atoms with van der Waals surface area (Å²) < 4.78 is 36.4. The Morgan fingerprint density at radius 3 is 2.33 bits per heavy atom. The molecule has 1 N–H and O–H groups in total. The van der Waals surface area contributed by atoms with Crippen molar-refractivity contribution in [3.05, 3.63) is 42.0 Å². The second-order valence-corrected chi connectivity index (χ2v) is 2.77. The molecule has 15 heavy (non-hydrogen) atoms. The van der Waals surface area contributed by atoms with Crippen molar-refractivity contribution < 1.29 is 18.0 Å². The number of rotatable bonds is 3. The van der Waals surface area contributed by atoms with Crippen molar-refractivity contribution in [2.45, 2.75) is 6.18 Å². The van der Waals surface area contributed by atoms with Gasteiger partial charge in [0, 0.05) is 6.08 Å². The predicted molar refractivity (Wildman–Crippen MR) is 50.6 cm³/mol. The molecule has 0 saturated carbocycles. The van der Waals surface area contributed by atoms with Crippen LogP contribution >= 0.6 is 0 Å². The van der Waals surface area contributed by atoms with Gasteiger partial charge in [0.2, 0.25) is 0 Å². The smallest absolute Gasteiger partial charge is 0.279 e. The molecule has 0 atom stereocenters. The number of halogens is 3. The summed E-state index contributed by atoms with van der Waals surface area (Å²) in [5, 5.41) is 0. The number of hydrogen-bond donors (Lipinski definition) is 1. The van der Waals surface area contributed by atoms with Crippen LogP contribution in [0.3, 0.4) is 0 Å². The van der Waals surface area contributed by atoms with Gasteiger partial charge in [0.15, 0.2) is 0 Å². The van der Waals surface area contributed by atoms with Crippen molar-refractivity contribution in [3.8, 4) is 0 Å². The molecule has 0 bridgehead atoms. The number of benzene rings is 1. The van der Waals surface area contributed by atoms with E-state index in [2.05, 4.69) is 10.3 Å². The molecule has 1 rings (SSSR count). The first-order valence-electron chi connectivity index (χ1n) is 4.17. The van der Waals surface area contributed by atoms with E-state index < -0.39 is 6.18 Å². The lowest BCUT2D eigenvalue weighted by molar-refractivity contribution is -0.0800. The Bertz CT molecular complexity index is 332. The Balaban J connectivity index is 2.99. The zero-order valence-corrected chi connectivity index (χ0v) is 8.01. The lowest BCUT2D eigenvalue weighted by atomic mass is 10.1. The summed E-state index contributed by atoms with van der Waals surface area (Å²) in [7, 11) is 1.26. The fourth-order valence-corrected chi connectivity index (χ4v) is 1.06. The average Bonchev–Trinajstić information content (AvgIpc) is 2.17.